The number of likely N-dealkylation sites (N-methyl/N-ethyl adjacent to an activating group) is 1. The summed E-state index contributed by atoms with van der Waals surface area (Å²) in [5, 5.41) is 13.7. The van der Waals surface area contributed by atoms with Crippen LogP contribution in [0.4, 0.5) is 14.9 Å². The molecule has 0 fully saturated rings. The minimum absolute atomic E-state index is 0.0604. The van der Waals surface area contributed by atoms with E-state index in [4.69, 9.17) is 5.11 Å². The summed E-state index contributed by atoms with van der Waals surface area (Å²) in [6.45, 7) is 5.18. The maximum Gasteiger partial charge on any atom is 0.335 e. The van der Waals surface area contributed by atoms with Crippen LogP contribution >= 0.6 is 0 Å². The van der Waals surface area contributed by atoms with E-state index in [1.54, 1.807) is 0 Å². The third kappa shape index (κ3) is 5.39. The van der Waals surface area contributed by atoms with Crippen LogP contribution in [0.2, 0.25) is 0 Å². The molecular weight excluding hydrogens is 277 g/mol. The molecule has 1 aromatic carbocycles. The van der Waals surface area contributed by atoms with Crippen molar-refractivity contribution >= 4 is 17.7 Å². The Morgan fingerprint density at radius 1 is 1.38 bits per heavy atom. The molecule has 21 heavy (non-hydrogen) atoms. The second-order valence-corrected chi connectivity index (χ2v) is 4.96. The number of benzene rings is 1. The Bertz CT molecular complexity index is 520. The predicted molar refractivity (Wildman–Crippen MR) is 78.1 cm³/mol. The SMILES string of the molecule is CC(C)N(C)CCNC(=O)Nc1ccc(C(=O)O)cc1F. The average molecular weight is 297 g/mol. The first-order chi connectivity index (χ1) is 9.81. The van der Waals surface area contributed by atoms with Gasteiger partial charge in [0.25, 0.3) is 0 Å². The number of carbonyl (C=O) groups excluding carboxylic acids is 1. The van der Waals surface area contributed by atoms with Crippen molar-refractivity contribution in [3.05, 3.63) is 29.6 Å². The van der Waals surface area contributed by atoms with Gasteiger partial charge in [0, 0.05) is 19.1 Å². The second kappa shape index (κ2) is 7.58. The number of urea groups is 1. The number of carbonyl (C=O) groups is 2. The number of carboxylic acids is 1. The van der Waals surface area contributed by atoms with Crippen molar-refractivity contribution in [2.24, 2.45) is 0 Å². The quantitative estimate of drug-likeness (QED) is 0.750. The van der Waals surface area contributed by atoms with Crippen LogP contribution in [0.1, 0.15) is 24.2 Å². The third-order valence-corrected chi connectivity index (χ3v) is 3.10. The highest BCUT2D eigenvalue weighted by Crippen LogP contribution is 2.15. The molecule has 0 aliphatic carbocycles. The lowest BCUT2D eigenvalue weighted by molar-refractivity contribution is 0.0696. The molecule has 0 radical (unpaired) electrons. The van der Waals surface area contributed by atoms with Gasteiger partial charge >= 0.3 is 12.0 Å². The largest absolute Gasteiger partial charge is 0.478 e. The Morgan fingerprint density at radius 2 is 2.05 bits per heavy atom. The number of aromatic carboxylic acids is 1. The molecule has 0 heterocycles. The molecule has 116 valence electrons. The summed E-state index contributed by atoms with van der Waals surface area (Å²) in [6.07, 6.45) is 0. The van der Waals surface area contributed by atoms with Crippen molar-refractivity contribution in [2.75, 3.05) is 25.5 Å². The number of carboxylic acid groups (broad SMARTS) is 1. The lowest BCUT2D eigenvalue weighted by Crippen LogP contribution is -2.38. The zero-order valence-electron chi connectivity index (χ0n) is 12.3. The molecule has 0 aromatic heterocycles. The number of hydrogen-bond donors (Lipinski definition) is 3. The highest BCUT2D eigenvalue weighted by molar-refractivity contribution is 5.91. The Balaban J connectivity index is 2.50. The highest BCUT2D eigenvalue weighted by atomic mass is 19.1. The van der Waals surface area contributed by atoms with Crippen molar-refractivity contribution in [3.8, 4) is 0 Å². The zero-order chi connectivity index (χ0) is 16.0. The standard InChI is InChI=1S/C14H20FN3O3/c1-9(2)18(3)7-6-16-14(21)17-12-5-4-10(13(19)20)8-11(12)15/h4-5,8-9H,6-7H2,1-3H3,(H,19,20)(H2,16,17,21). The van der Waals surface area contributed by atoms with Crippen molar-refractivity contribution in [3.63, 3.8) is 0 Å². The minimum atomic E-state index is -1.22. The van der Waals surface area contributed by atoms with Crippen molar-refractivity contribution in [1.29, 1.82) is 0 Å². The zero-order valence-corrected chi connectivity index (χ0v) is 12.3. The van der Waals surface area contributed by atoms with E-state index in [0.29, 0.717) is 19.1 Å². The van der Waals surface area contributed by atoms with Crippen LogP contribution in [-0.2, 0) is 0 Å². The fourth-order valence-electron chi connectivity index (χ4n) is 1.52. The predicted octanol–water partition coefficient (Wildman–Crippen LogP) is 1.99. The second-order valence-electron chi connectivity index (χ2n) is 4.96. The van der Waals surface area contributed by atoms with Crippen molar-refractivity contribution < 1.29 is 19.1 Å². The molecule has 7 heteroatoms. The number of rotatable bonds is 6. The van der Waals surface area contributed by atoms with Crippen LogP contribution in [0, 0.1) is 5.82 Å². The van der Waals surface area contributed by atoms with E-state index < -0.39 is 17.8 Å². The number of halogens is 1. The van der Waals surface area contributed by atoms with Gasteiger partial charge in [-0.25, -0.2) is 14.0 Å². The van der Waals surface area contributed by atoms with E-state index >= 15 is 0 Å². The van der Waals surface area contributed by atoms with Crippen LogP contribution in [0.3, 0.4) is 0 Å². The lowest BCUT2D eigenvalue weighted by atomic mass is 10.2. The van der Waals surface area contributed by atoms with E-state index in [-0.39, 0.29) is 11.3 Å². The Morgan fingerprint density at radius 3 is 2.57 bits per heavy atom. The minimum Gasteiger partial charge on any atom is -0.478 e. The van der Waals surface area contributed by atoms with Gasteiger partial charge in [-0.1, -0.05) is 0 Å². The van der Waals surface area contributed by atoms with Crippen molar-refractivity contribution in [2.45, 2.75) is 19.9 Å². The maximum absolute atomic E-state index is 13.6. The van der Waals surface area contributed by atoms with Gasteiger partial charge in [0.1, 0.15) is 5.82 Å². The lowest BCUT2D eigenvalue weighted by Gasteiger charge is -2.20. The molecule has 0 spiro atoms. The Hall–Kier alpha value is -2.15. The third-order valence-electron chi connectivity index (χ3n) is 3.10. The molecule has 1 aromatic rings. The molecule has 1 rings (SSSR count). The van der Waals surface area contributed by atoms with E-state index in [1.165, 1.54) is 12.1 Å². The molecule has 0 unspecified atom stereocenters. The molecular formula is C14H20FN3O3. The summed E-state index contributed by atoms with van der Waals surface area (Å²) in [5.74, 6) is -2.01. The highest BCUT2D eigenvalue weighted by Gasteiger charge is 2.11. The fourth-order valence-corrected chi connectivity index (χ4v) is 1.52. The summed E-state index contributed by atoms with van der Waals surface area (Å²) >= 11 is 0. The summed E-state index contributed by atoms with van der Waals surface area (Å²) in [7, 11) is 1.94. The van der Waals surface area contributed by atoms with Gasteiger partial charge < -0.3 is 20.6 Å². The van der Waals surface area contributed by atoms with E-state index in [9.17, 15) is 14.0 Å². The molecule has 2 amide bonds. The summed E-state index contributed by atoms with van der Waals surface area (Å²) in [4.78, 5) is 24.3. The average Bonchev–Trinajstić information content (AvgIpc) is 2.40. The smallest absolute Gasteiger partial charge is 0.335 e. The van der Waals surface area contributed by atoms with Crippen LogP contribution in [-0.4, -0.2) is 48.2 Å². The molecule has 0 bridgehead atoms. The van der Waals surface area contributed by atoms with Crippen molar-refractivity contribution in [1.82, 2.24) is 10.2 Å². The van der Waals surface area contributed by atoms with Gasteiger partial charge in [0.15, 0.2) is 0 Å². The number of nitrogens with zero attached hydrogens (tertiary/aromatic N) is 1. The summed E-state index contributed by atoms with van der Waals surface area (Å²) < 4.78 is 13.6. The molecule has 0 aliphatic rings. The molecule has 0 saturated carbocycles. The maximum atomic E-state index is 13.6. The molecule has 0 saturated heterocycles. The monoisotopic (exact) mass is 297 g/mol. The van der Waals surface area contributed by atoms with Gasteiger partial charge in [-0.05, 0) is 39.1 Å². The first-order valence-corrected chi connectivity index (χ1v) is 6.59. The fraction of sp³-hybridized carbons (Fsp3) is 0.429. The summed E-state index contributed by atoms with van der Waals surface area (Å²) in [6, 6.07) is 3.15. The Labute approximate surface area is 122 Å². The van der Waals surface area contributed by atoms with Gasteiger partial charge in [-0.2, -0.15) is 0 Å². The number of anilines is 1. The topological polar surface area (TPSA) is 81.7 Å². The van der Waals surface area contributed by atoms with E-state index in [0.717, 1.165) is 6.07 Å². The number of nitrogens with one attached hydrogen (secondary N) is 2. The van der Waals surface area contributed by atoms with E-state index in [1.807, 2.05) is 20.9 Å². The van der Waals surface area contributed by atoms with E-state index in [2.05, 4.69) is 15.5 Å². The van der Waals surface area contributed by atoms with Gasteiger partial charge in [0.05, 0.1) is 11.3 Å². The Kier molecular flexibility index (Phi) is 6.10. The molecule has 6 nitrogen and oxygen atoms in total. The first-order valence-electron chi connectivity index (χ1n) is 6.59. The van der Waals surface area contributed by atoms with Gasteiger partial charge in [-0.15, -0.1) is 0 Å². The molecule has 0 aliphatic heterocycles. The van der Waals surface area contributed by atoms with Gasteiger partial charge in [0.2, 0.25) is 0 Å². The number of amides is 2. The molecule has 0 atom stereocenters. The molecule has 3 N–H and O–H groups in total. The summed E-state index contributed by atoms with van der Waals surface area (Å²) in [5.41, 5.74) is -0.230. The normalized spacial score (nSPS) is 10.8. The van der Waals surface area contributed by atoms with Crippen LogP contribution in [0.5, 0.6) is 0 Å². The first kappa shape index (κ1) is 16.9. The van der Waals surface area contributed by atoms with Crippen LogP contribution in [0.25, 0.3) is 0 Å². The van der Waals surface area contributed by atoms with Crippen LogP contribution in [0.15, 0.2) is 18.2 Å². The number of hydrogen-bond acceptors (Lipinski definition) is 3. The van der Waals surface area contributed by atoms with Gasteiger partial charge in [-0.3, -0.25) is 0 Å². The van der Waals surface area contributed by atoms with Crippen LogP contribution < -0.4 is 10.6 Å².